The van der Waals surface area contributed by atoms with Gasteiger partial charge in [0, 0.05) is 25.4 Å². The van der Waals surface area contributed by atoms with Crippen molar-refractivity contribution in [3.63, 3.8) is 0 Å². The summed E-state index contributed by atoms with van der Waals surface area (Å²) in [5.41, 5.74) is 0.522. The van der Waals surface area contributed by atoms with Gasteiger partial charge >= 0.3 is 0 Å². The normalized spacial score (nSPS) is 21.7. The van der Waals surface area contributed by atoms with E-state index in [4.69, 9.17) is 4.74 Å². The molecule has 1 fully saturated rings. The quantitative estimate of drug-likeness (QED) is 0.879. The molecule has 2 rings (SSSR count). The predicted molar refractivity (Wildman–Crippen MR) is 71.4 cm³/mol. The highest BCUT2D eigenvalue weighted by atomic mass is 32.2. The Labute approximate surface area is 114 Å². The summed E-state index contributed by atoms with van der Waals surface area (Å²) in [6.07, 6.45) is 3.43. The Balaban J connectivity index is 2.14. The van der Waals surface area contributed by atoms with E-state index in [9.17, 15) is 8.42 Å². The molecule has 2 atom stereocenters. The second-order valence-electron chi connectivity index (χ2n) is 4.90. The van der Waals surface area contributed by atoms with Crippen LogP contribution in [-0.2, 0) is 21.3 Å². The molecule has 0 aromatic carbocycles. The summed E-state index contributed by atoms with van der Waals surface area (Å²) < 4.78 is 34.5. The van der Waals surface area contributed by atoms with E-state index in [0.717, 1.165) is 12.8 Å². The third-order valence-electron chi connectivity index (χ3n) is 3.38. The summed E-state index contributed by atoms with van der Waals surface area (Å²) in [5.74, 6) is 0. The lowest BCUT2D eigenvalue weighted by Crippen LogP contribution is -2.40. The van der Waals surface area contributed by atoms with Crippen molar-refractivity contribution in [3.05, 3.63) is 11.9 Å². The minimum atomic E-state index is -3.53. The molecule has 0 spiro atoms. The monoisotopic (exact) mass is 287 g/mol. The Morgan fingerprint density at radius 3 is 2.89 bits per heavy atom. The molecule has 0 unspecified atom stereocenters. The van der Waals surface area contributed by atoms with Gasteiger partial charge in [-0.05, 0) is 33.6 Å². The maximum Gasteiger partial charge on any atom is 0.244 e. The highest BCUT2D eigenvalue weighted by Gasteiger charge is 2.28. The second kappa shape index (κ2) is 5.60. The standard InChI is InChI=1S/C12H21N3O3S/c1-4-15-8-12(10(3)13-15)19(16,17)14-9(2)11-6-5-7-18-11/h8-9,11,14H,4-7H2,1-3H3/t9-,11-/m0/s1. The maximum atomic E-state index is 12.3. The Morgan fingerprint density at radius 1 is 1.63 bits per heavy atom. The largest absolute Gasteiger partial charge is 0.377 e. The predicted octanol–water partition coefficient (Wildman–Crippen LogP) is 1.06. The molecule has 1 N–H and O–H groups in total. The van der Waals surface area contributed by atoms with E-state index in [0.29, 0.717) is 18.8 Å². The number of hydrogen-bond donors (Lipinski definition) is 1. The van der Waals surface area contributed by atoms with E-state index in [-0.39, 0.29) is 17.0 Å². The summed E-state index contributed by atoms with van der Waals surface area (Å²) in [6, 6.07) is -0.225. The van der Waals surface area contributed by atoms with Gasteiger partial charge in [0.15, 0.2) is 0 Å². The lowest BCUT2D eigenvalue weighted by atomic mass is 10.1. The van der Waals surface area contributed by atoms with Crippen molar-refractivity contribution in [2.45, 2.75) is 57.2 Å². The number of sulfonamides is 1. The van der Waals surface area contributed by atoms with Crippen LogP contribution in [0, 0.1) is 6.92 Å². The zero-order valence-electron chi connectivity index (χ0n) is 11.6. The van der Waals surface area contributed by atoms with Gasteiger partial charge in [-0.25, -0.2) is 13.1 Å². The number of nitrogens with one attached hydrogen (secondary N) is 1. The van der Waals surface area contributed by atoms with Gasteiger partial charge in [-0.15, -0.1) is 0 Å². The topological polar surface area (TPSA) is 73.2 Å². The van der Waals surface area contributed by atoms with E-state index < -0.39 is 10.0 Å². The number of hydrogen-bond acceptors (Lipinski definition) is 4. The molecule has 108 valence electrons. The van der Waals surface area contributed by atoms with Crippen LogP contribution in [0.1, 0.15) is 32.4 Å². The highest BCUT2D eigenvalue weighted by Crippen LogP contribution is 2.19. The van der Waals surface area contributed by atoms with E-state index >= 15 is 0 Å². The molecule has 2 heterocycles. The first-order valence-corrected chi connectivity index (χ1v) is 8.10. The first-order valence-electron chi connectivity index (χ1n) is 6.62. The molecular weight excluding hydrogens is 266 g/mol. The fourth-order valence-corrected chi connectivity index (χ4v) is 3.76. The molecule has 0 bridgehead atoms. The number of ether oxygens (including phenoxy) is 1. The van der Waals surface area contributed by atoms with Crippen LogP contribution in [-0.4, -0.2) is 37.0 Å². The SMILES string of the molecule is CCn1cc(S(=O)(=O)N[C@@H](C)[C@@H]2CCCO2)c(C)n1. The zero-order valence-corrected chi connectivity index (χ0v) is 12.4. The number of aryl methyl sites for hydroxylation is 2. The van der Waals surface area contributed by atoms with Gasteiger partial charge in [-0.2, -0.15) is 5.10 Å². The van der Waals surface area contributed by atoms with Crippen LogP contribution < -0.4 is 4.72 Å². The molecule has 0 radical (unpaired) electrons. The second-order valence-corrected chi connectivity index (χ2v) is 6.58. The van der Waals surface area contributed by atoms with E-state index in [2.05, 4.69) is 9.82 Å². The average molecular weight is 287 g/mol. The molecule has 6 nitrogen and oxygen atoms in total. The zero-order chi connectivity index (χ0) is 14.0. The summed E-state index contributed by atoms with van der Waals surface area (Å²) in [7, 11) is -3.53. The lowest BCUT2D eigenvalue weighted by Gasteiger charge is -2.19. The van der Waals surface area contributed by atoms with Gasteiger partial charge < -0.3 is 4.74 Å². The van der Waals surface area contributed by atoms with Gasteiger partial charge in [0.25, 0.3) is 0 Å². The summed E-state index contributed by atoms with van der Waals surface area (Å²) in [4.78, 5) is 0.249. The fourth-order valence-electron chi connectivity index (χ4n) is 2.31. The van der Waals surface area contributed by atoms with Crippen molar-refractivity contribution in [1.29, 1.82) is 0 Å². The smallest absolute Gasteiger partial charge is 0.244 e. The summed E-state index contributed by atoms with van der Waals surface area (Å²) >= 11 is 0. The van der Waals surface area contributed by atoms with Crippen molar-refractivity contribution in [2.24, 2.45) is 0 Å². The van der Waals surface area contributed by atoms with Crippen LogP contribution in [0.4, 0.5) is 0 Å². The molecule has 1 aromatic heterocycles. The van der Waals surface area contributed by atoms with Gasteiger partial charge in [-0.3, -0.25) is 4.68 Å². The molecule has 7 heteroatoms. The van der Waals surface area contributed by atoms with Crippen LogP contribution >= 0.6 is 0 Å². The van der Waals surface area contributed by atoms with Gasteiger partial charge in [-0.1, -0.05) is 0 Å². The molecular formula is C12H21N3O3S. The van der Waals surface area contributed by atoms with Gasteiger partial charge in [0.1, 0.15) is 4.90 Å². The third kappa shape index (κ3) is 3.16. The molecule has 0 amide bonds. The van der Waals surface area contributed by atoms with Crippen molar-refractivity contribution >= 4 is 10.0 Å². The minimum Gasteiger partial charge on any atom is -0.377 e. The van der Waals surface area contributed by atoms with E-state index in [1.807, 2.05) is 13.8 Å². The molecule has 1 aliphatic heterocycles. The lowest BCUT2D eigenvalue weighted by molar-refractivity contribution is 0.0902. The number of rotatable bonds is 5. The molecule has 0 aliphatic carbocycles. The molecule has 1 aliphatic rings. The highest BCUT2D eigenvalue weighted by molar-refractivity contribution is 7.89. The van der Waals surface area contributed by atoms with Crippen molar-refractivity contribution in [2.75, 3.05) is 6.61 Å². The fraction of sp³-hybridized carbons (Fsp3) is 0.750. The van der Waals surface area contributed by atoms with E-state index in [1.54, 1.807) is 17.8 Å². The van der Waals surface area contributed by atoms with Crippen LogP contribution in [0.15, 0.2) is 11.1 Å². The summed E-state index contributed by atoms with van der Waals surface area (Å²) in [6.45, 7) is 6.83. The number of aromatic nitrogens is 2. The Bertz CT molecular complexity index is 532. The van der Waals surface area contributed by atoms with Crippen LogP contribution in [0.3, 0.4) is 0 Å². The van der Waals surface area contributed by atoms with Crippen LogP contribution in [0.2, 0.25) is 0 Å². The van der Waals surface area contributed by atoms with Crippen molar-refractivity contribution in [1.82, 2.24) is 14.5 Å². The van der Waals surface area contributed by atoms with E-state index in [1.165, 1.54) is 0 Å². The third-order valence-corrected chi connectivity index (χ3v) is 5.04. The van der Waals surface area contributed by atoms with Crippen LogP contribution in [0.25, 0.3) is 0 Å². The molecule has 1 saturated heterocycles. The van der Waals surface area contributed by atoms with Crippen LogP contribution in [0.5, 0.6) is 0 Å². The molecule has 1 aromatic rings. The van der Waals surface area contributed by atoms with Gasteiger partial charge in [0.2, 0.25) is 10.0 Å². The Hall–Kier alpha value is -0.920. The average Bonchev–Trinajstić information content (AvgIpc) is 2.96. The molecule has 0 saturated carbocycles. The number of nitrogens with zero attached hydrogens (tertiary/aromatic N) is 2. The Kier molecular flexibility index (Phi) is 4.27. The summed E-state index contributed by atoms with van der Waals surface area (Å²) in [5, 5.41) is 4.17. The first-order chi connectivity index (χ1) is 8.94. The van der Waals surface area contributed by atoms with Gasteiger partial charge in [0.05, 0.1) is 11.8 Å². The molecule has 19 heavy (non-hydrogen) atoms. The maximum absolute atomic E-state index is 12.3. The Morgan fingerprint density at radius 2 is 2.37 bits per heavy atom. The first kappa shape index (κ1) is 14.5. The van der Waals surface area contributed by atoms with Crippen molar-refractivity contribution in [3.8, 4) is 0 Å². The van der Waals surface area contributed by atoms with Crippen molar-refractivity contribution < 1.29 is 13.2 Å². The minimum absolute atomic E-state index is 0.0312.